The maximum Gasteiger partial charge on any atom is 0.339 e. The molecule has 136 valence electrons. The number of hydrogen-bond donors (Lipinski definition) is 2. The van der Waals surface area contributed by atoms with Crippen molar-refractivity contribution in [3.8, 4) is 0 Å². The van der Waals surface area contributed by atoms with Gasteiger partial charge in [-0.1, -0.05) is 0 Å². The molecule has 0 saturated carbocycles. The van der Waals surface area contributed by atoms with Gasteiger partial charge in [0.05, 0.1) is 10.5 Å². The lowest BCUT2D eigenvalue weighted by Gasteiger charge is -2.33. The molecular formula is C17H15FN2O5S. The predicted molar refractivity (Wildman–Crippen MR) is 90.4 cm³/mol. The van der Waals surface area contributed by atoms with Gasteiger partial charge in [0.25, 0.3) is 5.91 Å². The van der Waals surface area contributed by atoms with Crippen LogP contribution in [0.25, 0.3) is 0 Å². The Kier molecular flexibility index (Phi) is 4.29. The number of esters is 1. The molecule has 2 aromatic carbocycles. The summed E-state index contributed by atoms with van der Waals surface area (Å²) in [4.78, 5) is 24.6. The Bertz CT molecular complexity index is 1000. The molecule has 0 radical (unpaired) electrons. The standard InChI is InChI=1S/C17H15FN2O5S/c1-17(9-10-8-11(18)2-7-14(10)15(21)25-17)16(22)20-12-3-5-13(6-4-12)26(19,23)24/h2-8H,9H2,1H3,(H,20,22)(H2,19,23,24). The number of amides is 1. The van der Waals surface area contributed by atoms with E-state index in [0.717, 1.165) is 6.07 Å². The van der Waals surface area contributed by atoms with Gasteiger partial charge < -0.3 is 10.1 Å². The van der Waals surface area contributed by atoms with Crippen LogP contribution in [-0.4, -0.2) is 25.9 Å². The molecule has 26 heavy (non-hydrogen) atoms. The molecule has 1 aliphatic heterocycles. The van der Waals surface area contributed by atoms with Gasteiger partial charge in [-0.3, -0.25) is 4.79 Å². The Morgan fingerprint density at radius 2 is 1.88 bits per heavy atom. The zero-order chi connectivity index (χ0) is 19.1. The van der Waals surface area contributed by atoms with Gasteiger partial charge in [-0.05, 0) is 55.0 Å². The number of hydrogen-bond acceptors (Lipinski definition) is 5. The number of cyclic esters (lactones) is 1. The maximum absolute atomic E-state index is 13.4. The van der Waals surface area contributed by atoms with Crippen LogP contribution in [0.2, 0.25) is 0 Å². The summed E-state index contributed by atoms with van der Waals surface area (Å²) in [6.45, 7) is 1.42. The summed E-state index contributed by atoms with van der Waals surface area (Å²) in [7, 11) is -3.84. The molecule has 0 spiro atoms. The summed E-state index contributed by atoms with van der Waals surface area (Å²) in [5.74, 6) is -1.85. The zero-order valence-electron chi connectivity index (χ0n) is 13.7. The highest BCUT2D eigenvalue weighted by molar-refractivity contribution is 7.89. The first kappa shape index (κ1) is 18.0. The topological polar surface area (TPSA) is 116 Å². The molecule has 0 saturated heterocycles. The van der Waals surface area contributed by atoms with E-state index in [-0.39, 0.29) is 16.9 Å². The number of carbonyl (C=O) groups is 2. The third-order valence-electron chi connectivity index (χ3n) is 4.05. The second kappa shape index (κ2) is 6.19. The molecule has 0 bridgehead atoms. The first-order chi connectivity index (χ1) is 12.1. The number of benzene rings is 2. The van der Waals surface area contributed by atoms with E-state index in [1.807, 2.05) is 0 Å². The summed E-state index contributed by atoms with van der Waals surface area (Å²) < 4.78 is 41.2. The van der Waals surface area contributed by atoms with Gasteiger partial charge in [-0.15, -0.1) is 0 Å². The lowest BCUT2D eigenvalue weighted by Crippen LogP contribution is -2.49. The number of nitrogens with one attached hydrogen (secondary N) is 1. The number of anilines is 1. The van der Waals surface area contributed by atoms with Crippen LogP contribution in [0.1, 0.15) is 22.8 Å². The maximum atomic E-state index is 13.4. The molecule has 0 aromatic heterocycles. The molecule has 1 heterocycles. The van der Waals surface area contributed by atoms with Crippen LogP contribution in [0.4, 0.5) is 10.1 Å². The number of primary sulfonamides is 1. The fourth-order valence-corrected chi connectivity index (χ4v) is 3.20. The third-order valence-corrected chi connectivity index (χ3v) is 4.98. The minimum atomic E-state index is -3.84. The fourth-order valence-electron chi connectivity index (χ4n) is 2.68. The van der Waals surface area contributed by atoms with E-state index < -0.39 is 33.3 Å². The normalized spacial score (nSPS) is 19.4. The SMILES string of the molecule is CC1(C(=O)Nc2ccc(S(N)(=O)=O)cc2)Cc2cc(F)ccc2C(=O)O1. The zero-order valence-corrected chi connectivity index (χ0v) is 14.5. The van der Waals surface area contributed by atoms with Crippen molar-refractivity contribution in [2.75, 3.05) is 5.32 Å². The van der Waals surface area contributed by atoms with E-state index in [1.54, 1.807) is 0 Å². The number of carbonyl (C=O) groups excluding carboxylic acids is 2. The van der Waals surface area contributed by atoms with Gasteiger partial charge in [-0.2, -0.15) is 0 Å². The molecule has 1 atom stereocenters. The van der Waals surface area contributed by atoms with Gasteiger partial charge in [0, 0.05) is 12.1 Å². The average Bonchev–Trinajstić information content (AvgIpc) is 2.53. The molecule has 1 unspecified atom stereocenters. The van der Waals surface area contributed by atoms with Crippen LogP contribution in [-0.2, 0) is 26.0 Å². The second-order valence-electron chi connectivity index (χ2n) is 6.12. The highest BCUT2D eigenvalue weighted by atomic mass is 32.2. The van der Waals surface area contributed by atoms with Crippen molar-refractivity contribution >= 4 is 27.6 Å². The van der Waals surface area contributed by atoms with Gasteiger partial charge in [0.2, 0.25) is 10.0 Å². The highest BCUT2D eigenvalue weighted by Crippen LogP contribution is 2.30. The number of halogens is 1. The lowest BCUT2D eigenvalue weighted by atomic mass is 9.89. The van der Waals surface area contributed by atoms with E-state index in [4.69, 9.17) is 9.88 Å². The quantitative estimate of drug-likeness (QED) is 0.787. The summed E-state index contributed by atoms with van der Waals surface area (Å²) in [6.07, 6.45) is 0.00687. The van der Waals surface area contributed by atoms with E-state index >= 15 is 0 Å². The van der Waals surface area contributed by atoms with Crippen LogP contribution < -0.4 is 10.5 Å². The largest absolute Gasteiger partial charge is 0.445 e. The molecule has 3 rings (SSSR count). The molecule has 1 aliphatic rings. The smallest absolute Gasteiger partial charge is 0.339 e. The number of nitrogens with two attached hydrogens (primary N) is 1. The van der Waals surface area contributed by atoms with Crippen molar-refractivity contribution in [1.82, 2.24) is 0 Å². The Balaban J connectivity index is 1.82. The van der Waals surface area contributed by atoms with Crippen LogP contribution in [0.15, 0.2) is 47.4 Å². The van der Waals surface area contributed by atoms with Crippen molar-refractivity contribution in [2.24, 2.45) is 5.14 Å². The van der Waals surface area contributed by atoms with E-state index in [1.165, 1.54) is 43.3 Å². The molecular weight excluding hydrogens is 363 g/mol. The van der Waals surface area contributed by atoms with Gasteiger partial charge >= 0.3 is 5.97 Å². The van der Waals surface area contributed by atoms with Crippen LogP contribution in [0.5, 0.6) is 0 Å². The molecule has 1 amide bonds. The predicted octanol–water partition coefficient (Wildman–Crippen LogP) is 1.58. The van der Waals surface area contributed by atoms with E-state index in [0.29, 0.717) is 11.3 Å². The first-order valence-electron chi connectivity index (χ1n) is 7.55. The molecule has 3 N–H and O–H groups in total. The van der Waals surface area contributed by atoms with E-state index in [2.05, 4.69) is 5.32 Å². The summed E-state index contributed by atoms with van der Waals surface area (Å²) in [6, 6.07) is 8.86. The van der Waals surface area contributed by atoms with Crippen molar-refractivity contribution in [2.45, 2.75) is 23.8 Å². The van der Waals surface area contributed by atoms with Crippen molar-refractivity contribution in [3.63, 3.8) is 0 Å². The van der Waals surface area contributed by atoms with Gasteiger partial charge in [0.1, 0.15) is 5.82 Å². The number of sulfonamides is 1. The molecule has 0 fully saturated rings. The summed E-state index contributed by atoms with van der Waals surface area (Å²) >= 11 is 0. The minimum absolute atomic E-state index is 0.00687. The molecule has 2 aromatic rings. The Morgan fingerprint density at radius 3 is 2.50 bits per heavy atom. The van der Waals surface area contributed by atoms with Crippen LogP contribution >= 0.6 is 0 Å². The summed E-state index contributed by atoms with van der Waals surface area (Å²) in [5, 5.41) is 7.57. The van der Waals surface area contributed by atoms with Crippen molar-refractivity contribution < 1.29 is 27.1 Å². The number of rotatable bonds is 3. The molecule has 0 aliphatic carbocycles. The lowest BCUT2D eigenvalue weighted by molar-refractivity contribution is -0.134. The van der Waals surface area contributed by atoms with Gasteiger partial charge in [-0.25, -0.2) is 22.7 Å². The highest BCUT2D eigenvalue weighted by Gasteiger charge is 2.42. The Hall–Kier alpha value is -2.78. The van der Waals surface area contributed by atoms with Crippen molar-refractivity contribution in [1.29, 1.82) is 0 Å². The van der Waals surface area contributed by atoms with E-state index in [9.17, 15) is 22.4 Å². The van der Waals surface area contributed by atoms with Crippen LogP contribution in [0.3, 0.4) is 0 Å². The van der Waals surface area contributed by atoms with Crippen molar-refractivity contribution in [3.05, 3.63) is 59.4 Å². The minimum Gasteiger partial charge on any atom is -0.445 e. The molecule has 9 heteroatoms. The third kappa shape index (κ3) is 3.44. The number of fused-ring (bicyclic) bond motifs is 1. The Labute approximate surface area is 149 Å². The number of ether oxygens (including phenoxy) is 1. The van der Waals surface area contributed by atoms with Gasteiger partial charge in [0.15, 0.2) is 5.60 Å². The Morgan fingerprint density at radius 1 is 1.23 bits per heavy atom. The average molecular weight is 378 g/mol. The monoisotopic (exact) mass is 378 g/mol. The fraction of sp³-hybridized carbons (Fsp3) is 0.176. The van der Waals surface area contributed by atoms with Crippen LogP contribution in [0, 0.1) is 5.82 Å². The summed E-state index contributed by atoms with van der Waals surface area (Å²) in [5.41, 5.74) is -0.640. The first-order valence-corrected chi connectivity index (χ1v) is 9.09. The molecule has 7 nitrogen and oxygen atoms in total. The second-order valence-corrected chi connectivity index (χ2v) is 7.68.